The van der Waals surface area contributed by atoms with Gasteiger partial charge in [-0.15, -0.1) is 0 Å². The molecule has 0 saturated heterocycles. The maximum Gasteiger partial charge on any atom is 0.233 e. The standard InChI is InChI=1S/C19H18N2O6S/c1-20-18-19(21-17(27-18)12-3-5-13(24-2)6-4-12)28(22,23)14-7-8-15-16(11-14)26-10-9-25-15/h3-8,11,20H,9-10H2,1-2H3. The Morgan fingerprint density at radius 3 is 2.43 bits per heavy atom. The van der Waals surface area contributed by atoms with E-state index in [1.54, 1.807) is 44.5 Å². The van der Waals surface area contributed by atoms with Crippen LogP contribution in [0.2, 0.25) is 0 Å². The third-order valence-corrected chi connectivity index (χ3v) is 5.90. The van der Waals surface area contributed by atoms with E-state index in [-0.39, 0.29) is 21.7 Å². The number of fused-ring (bicyclic) bond motifs is 1. The fraction of sp³-hybridized carbons (Fsp3) is 0.211. The molecule has 1 aliphatic heterocycles. The van der Waals surface area contributed by atoms with E-state index in [9.17, 15) is 8.42 Å². The molecule has 0 atom stereocenters. The molecule has 1 aliphatic rings. The Kier molecular flexibility index (Phi) is 4.60. The molecule has 0 spiro atoms. The molecule has 0 unspecified atom stereocenters. The third-order valence-electron chi connectivity index (χ3n) is 4.24. The highest BCUT2D eigenvalue weighted by molar-refractivity contribution is 7.91. The number of aromatic nitrogens is 1. The smallest absolute Gasteiger partial charge is 0.233 e. The third kappa shape index (κ3) is 3.13. The highest BCUT2D eigenvalue weighted by atomic mass is 32.2. The van der Waals surface area contributed by atoms with Crippen molar-refractivity contribution in [1.82, 2.24) is 4.98 Å². The molecule has 146 valence electrons. The van der Waals surface area contributed by atoms with Crippen molar-refractivity contribution in [1.29, 1.82) is 0 Å². The van der Waals surface area contributed by atoms with Gasteiger partial charge in [0.1, 0.15) is 19.0 Å². The maximum absolute atomic E-state index is 13.2. The zero-order valence-electron chi connectivity index (χ0n) is 15.3. The molecule has 2 aromatic carbocycles. The fourth-order valence-electron chi connectivity index (χ4n) is 2.81. The van der Waals surface area contributed by atoms with Gasteiger partial charge in [-0.3, -0.25) is 0 Å². The van der Waals surface area contributed by atoms with E-state index in [0.29, 0.717) is 36.0 Å². The average molecular weight is 402 g/mol. The van der Waals surface area contributed by atoms with Gasteiger partial charge in [-0.2, -0.15) is 4.98 Å². The van der Waals surface area contributed by atoms with E-state index in [4.69, 9.17) is 18.6 Å². The number of hydrogen-bond donors (Lipinski definition) is 1. The van der Waals surface area contributed by atoms with Crippen LogP contribution in [0.1, 0.15) is 0 Å². The summed E-state index contributed by atoms with van der Waals surface area (Å²) >= 11 is 0. The van der Waals surface area contributed by atoms with Gasteiger partial charge >= 0.3 is 0 Å². The van der Waals surface area contributed by atoms with Crippen molar-refractivity contribution in [3.8, 4) is 28.7 Å². The number of hydrogen-bond acceptors (Lipinski definition) is 8. The predicted octanol–water partition coefficient (Wildman–Crippen LogP) is 3.00. The molecule has 0 aliphatic carbocycles. The van der Waals surface area contributed by atoms with Gasteiger partial charge in [-0.05, 0) is 36.4 Å². The molecular formula is C19H18N2O6S. The lowest BCUT2D eigenvalue weighted by Crippen LogP contribution is -2.16. The number of methoxy groups -OCH3 is 1. The Morgan fingerprint density at radius 1 is 1.04 bits per heavy atom. The second-order valence-electron chi connectivity index (χ2n) is 5.94. The van der Waals surface area contributed by atoms with Crippen LogP contribution >= 0.6 is 0 Å². The lowest BCUT2D eigenvalue weighted by atomic mass is 10.2. The van der Waals surface area contributed by atoms with Gasteiger partial charge in [0.25, 0.3) is 0 Å². The monoisotopic (exact) mass is 402 g/mol. The summed E-state index contributed by atoms with van der Waals surface area (Å²) in [4.78, 5) is 4.28. The minimum Gasteiger partial charge on any atom is -0.497 e. The lowest BCUT2D eigenvalue weighted by molar-refractivity contribution is 0.171. The average Bonchev–Trinajstić information content (AvgIpc) is 3.19. The van der Waals surface area contributed by atoms with Crippen LogP contribution in [0.4, 0.5) is 5.88 Å². The zero-order chi connectivity index (χ0) is 19.7. The molecule has 4 rings (SSSR count). The second-order valence-corrected chi connectivity index (χ2v) is 7.81. The molecule has 0 saturated carbocycles. The maximum atomic E-state index is 13.2. The molecule has 8 nitrogen and oxygen atoms in total. The number of anilines is 1. The van der Waals surface area contributed by atoms with Crippen molar-refractivity contribution >= 4 is 15.7 Å². The molecule has 9 heteroatoms. The molecule has 3 aromatic rings. The fourth-order valence-corrected chi connectivity index (χ4v) is 4.13. The lowest BCUT2D eigenvalue weighted by Gasteiger charge is -2.18. The van der Waals surface area contributed by atoms with Crippen LogP contribution in [0.3, 0.4) is 0 Å². The van der Waals surface area contributed by atoms with E-state index >= 15 is 0 Å². The van der Waals surface area contributed by atoms with Crippen LogP contribution in [0.5, 0.6) is 17.2 Å². The van der Waals surface area contributed by atoms with Crippen molar-refractivity contribution in [2.75, 3.05) is 32.7 Å². The molecule has 0 bridgehead atoms. The predicted molar refractivity (Wildman–Crippen MR) is 101 cm³/mol. The van der Waals surface area contributed by atoms with E-state index in [0.717, 1.165) is 0 Å². The minimum absolute atomic E-state index is 0.0443. The summed E-state index contributed by atoms with van der Waals surface area (Å²) in [6.45, 7) is 0.793. The summed E-state index contributed by atoms with van der Waals surface area (Å²) in [5, 5.41) is 2.56. The van der Waals surface area contributed by atoms with E-state index < -0.39 is 9.84 Å². The summed E-state index contributed by atoms with van der Waals surface area (Å²) in [6, 6.07) is 11.4. The van der Waals surface area contributed by atoms with Crippen molar-refractivity contribution in [3.05, 3.63) is 42.5 Å². The van der Waals surface area contributed by atoms with Gasteiger partial charge < -0.3 is 23.9 Å². The Balaban J connectivity index is 1.76. The number of oxazole rings is 1. The Bertz CT molecular complexity index is 1110. The second kappa shape index (κ2) is 7.08. The number of rotatable bonds is 5. The number of benzene rings is 2. The highest BCUT2D eigenvalue weighted by Gasteiger charge is 2.29. The summed E-state index contributed by atoms with van der Waals surface area (Å²) in [6.07, 6.45) is 0. The van der Waals surface area contributed by atoms with Crippen molar-refractivity contribution < 1.29 is 27.0 Å². The van der Waals surface area contributed by atoms with E-state index in [1.165, 1.54) is 12.1 Å². The van der Waals surface area contributed by atoms with Crippen LogP contribution in [-0.2, 0) is 9.84 Å². The van der Waals surface area contributed by atoms with Crippen molar-refractivity contribution in [3.63, 3.8) is 0 Å². The first kappa shape index (κ1) is 18.2. The summed E-state index contributed by atoms with van der Waals surface area (Å²) in [5.41, 5.74) is 0.626. The molecular weight excluding hydrogens is 384 g/mol. The van der Waals surface area contributed by atoms with Crippen molar-refractivity contribution in [2.24, 2.45) is 0 Å². The van der Waals surface area contributed by atoms with E-state index in [1.807, 2.05) is 0 Å². The Labute approximate surface area is 162 Å². The van der Waals surface area contributed by atoms with Crippen LogP contribution in [-0.4, -0.2) is 40.8 Å². The topological polar surface area (TPSA) is 99.9 Å². The van der Waals surface area contributed by atoms with Crippen LogP contribution in [0, 0.1) is 0 Å². The highest BCUT2D eigenvalue weighted by Crippen LogP contribution is 2.37. The van der Waals surface area contributed by atoms with Crippen LogP contribution < -0.4 is 19.5 Å². The molecule has 2 heterocycles. The number of nitrogens with one attached hydrogen (secondary N) is 1. The zero-order valence-corrected chi connectivity index (χ0v) is 16.1. The van der Waals surface area contributed by atoms with Crippen LogP contribution in [0.15, 0.2) is 56.8 Å². The first-order valence-electron chi connectivity index (χ1n) is 8.50. The number of nitrogens with zero attached hydrogens (tertiary/aromatic N) is 1. The molecule has 28 heavy (non-hydrogen) atoms. The van der Waals surface area contributed by atoms with Gasteiger partial charge in [-0.25, -0.2) is 8.42 Å². The van der Waals surface area contributed by atoms with Gasteiger partial charge in [-0.1, -0.05) is 0 Å². The van der Waals surface area contributed by atoms with E-state index in [2.05, 4.69) is 10.3 Å². The quantitative estimate of drug-likeness (QED) is 0.695. The largest absolute Gasteiger partial charge is 0.497 e. The van der Waals surface area contributed by atoms with Crippen LogP contribution in [0.25, 0.3) is 11.5 Å². The normalized spacial score (nSPS) is 13.2. The summed E-state index contributed by atoms with van der Waals surface area (Å²) < 4.78 is 48.0. The SMILES string of the molecule is CNc1oc(-c2ccc(OC)cc2)nc1S(=O)(=O)c1ccc2c(c1)OCCO2. The molecule has 0 amide bonds. The molecule has 1 aromatic heterocycles. The Hall–Kier alpha value is -3.20. The minimum atomic E-state index is -3.94. The van der Waals surface area contributed by atoms with Gasteiger partial charge in [0.2, 0.25) is 26.6 Å². The van der Waals surface area contributed by atoms with Gasteiger partial charge in [0, 0.05) is 18.7 Å². The van der Waals surface area contributed by atoms with Crippen molar-refractivity contribution in [2.45, 2.75) is 9.92 Å². The first-order chi connectivity index (χ1) is 13.5. The number of sulfone groups is 1. The Morgan fingerprint density at radius 2 is 1.75 bits per heavy atom. The molecule has 1 N–H and O–H groups in total. The first-order valence-corrected chi connectivity index (χ1v) is 9.99. The van der Waals surface area contributed by atoms with Gasteiger partial charge in [0.05, 0.1) is 12.0 Å². The summed E-state index contributed by atoms with van der Waals surface area (Å²) in [5.74, 6) is 1.81. The van der Waals surface area contributed by atoms with Gasteiger partial charge in [0.15, 0.2) is 11.5 Å². The molecule has 0 radical (unpaired) electrons. The summed E-state index contributed by atoms with van der Waals surface area (Å²) in [7, 11) is -0.805. The molecule has 0 fully saturated rings. The number of ether oxygens (including phenoxy) is 3.